The van der Waals surface area contributed by atoms with Gasteiger partial charge >= 0.3 is 23.9 Å². The lowest BCUT2D eigenvalue weighted by Gasteiger charge is -2.44. The number of ketones is 1. The SMILES string of the molecule is C=C(C(=O)O[C@@H]1[C@@H]2[C@@H](OC(C)=O)C(=C)[C@H](OC(=O)/C(C)=C\C)[C@@H](O)[C@@H](OC(C)=O)C(C)(C)/C=C/[C@@](C)(O)C(=O)[C@@]2(O)C[C@@H]1C)[C@H](C)OO. The Morgan fingerprint density at radius 3 is 2.02 bits per heavy atom. The second kappa shape index (κ2) is 15.2. The zero-order chi connectivity index (χ0) is 37.1. The van der Waals surface area contributed by atoms with E-state index in [2.05, 4.69) is 18.0 Å². The normalized spacial score (nSPS) is 35.2. The molecular formula is C34H48O14. The van der Waals surface area contributed by atoms with Crippen LogP contribution in [0.5, 0.6) is 0 Å². The van der Waals surface area contributed by atoms with Crippen LogP contribution in [-0.4, -0.2) is 98.1 Å². The lowest BCUT2D eigenvalue weighted by molar-refractivity contribution is -0.264. The third-order valence-electron chi connectivity index (χ3n) is 8.93. The van der Waals surface area contributed by atoms with Gasteiger partial charge < -0.3 is 34.3 Å². The van der Waals surface area contributed by atoms with E-state index in [1.807, 2.05) is 0 Å². The molecule has 0 heterocycles. The summed E-state index contributed by atoms with van der Waals surface area (Å²) in [6.07, 6.45) is -6.40. The summed E-state index contributed by atoms with van der Waals surface area (Å²) in [5.41, 5.74) is -7.00. The van der Waals surface area contributed by atoms with Crippen LogP contribution in [0.3, 0.4) is 0 Å². The summed E-state index contributed by atoms with van der Waals surface area (Å²) in [6, 6.07) is 0. The molecule has 10 atom stereocenters. The highest BCUT2D eigenvalue weighted by Gasteiger charge is 2.65. The van der Waals surface area contributed by atoms with Crippen molar-refractivity contribution in [3.8, 4) is 0 Å². The highest BCUT2D eigenvalue weighted by atomic mass is 17.1. The van der Waals surface area contributed by atoms with Gasteiger partial charge in [0.15, 0.2) is 11.9 Å². The van der Waals surface area contributed by atoms with Crippen LogP contribution in [0.1, 0.15) is 68.7 Å². The maximum atomic E-state index is 14.3. The molecule has 0 unspecified atom stereocenters. The first kappa shape index (κ1) is 40.5. The van der Waals surface area contributed by atoms with E-state index in [1.165, 1.54) is 46.8 Å². The Morgan fingerprint density at radius 2 is 1.52 bits per heavy atom. The van der Waals surface area contributed by atoms with Gasteiger partial charge in [-0.1, -0.05) is 46.1 Å². The molecule has 0 amide bonds. The van der Waals surface area contributed by atoms with Gasteiger partial charge in [-0.15, -0.1) is 0 Å². The number of carbonyl (C=O) groups is 5. The minimum Gasteiger partial charge on any atom is -0.459 e. The van der Waals surface area contributed by atoms with Crippen molar-refractivity contribution < 1.29 is 68.4 Å². The number of rotatable bonds is 8. The molecule has 0 radical (unpaired) electrons. The smallest absolute Gasteiger partial charge is 0.336 e. The molecule has 2 aliphatic rings. The molecule has 48 heavy (non-hydrogen) atoms. The van der Waals surface area contributed by atoms with Crippen molar-refractivity contribution in [3.05, 3.63) is 48.1 Å². The van der Waals surface area contributed by atoms with Crippen LogP contribution >= 0.6 is 0 Å². The van der Waals surface area contributed by atoms with Gasteiger partial charge in [0.1, 0.15) is 41.7 Å². The van der Waals surface area contributed by atoms with E-state index >= 15 is 0 Å². The van der Waals surface area contributed by atoms with Crippen molar-refractivity contribution in [2.45, 2.75) is 117 Å². The third kappa shape index (κ3) is 8.47. The van der Waals surface area contributed by atoms with Crippen LogP contribution in [-0.2, 0) is 47.8 Å². The van der Waals surface area contributed by atoms with Crippen LogP contribution in [0.25, 0.3) is 0 Å². The average Bonchev–Trinajstić information content (AvgIpc) is 3.26. The average molecular weight is 681 g/mol. The fourth-order valence-electron chi connectivity index (χ4n) is 6.05. The monoisotopic (exact) mass is 680 g/mol. The second-order valence-corrected chi connectivity index (χ2v) is 13.3. The Balaban J connectivity index is 3.02. The summed E-state index contributed by atoms with van der Waals surface area (Å²) in [7, 11) is 0. The Hall–Kier alpha value is -3.69. The summed E-state index contributed by atoms with van der Waals surface area (Å²) in [6.45, 7) is 19.6. The van der Waals surface area contributed by atoms with Crippen LogP contribution in [0.4, 0.5) is 0 Å². The molecule has 14 nitrogen and oxygen atoms in total. The first-order valence-corrected chi connectivity index (χ1v) is 15.4. The van der Waals surface area contributed by atoms with E-state index in [4.69, 9.17) is 24.2 Å². The van der Waals surface area contributed by atoms with Gasteiger partial charge in [0, 0.05) is 30.4 Å². The Labute approximate surface area is 279 Å². The van der Waals surface area contributed by atoms with Gasteiger partial charge in [-0.05, 0) is 46.1 Å². The molecule has 268 valence electrons. The van der Waals surface area contributed by atoms with Crippen LogP contribution in [0.2, 0.25) is 0 Å². The highest BCUT2D eigenvalue weighted by molar-refractivity contribution is 5.97. The predicted octanol–water partition coefficient (Wildman–Crippen LogP) is 2.29. The van der Waals surface area contributed by atoms with Crippen LogP contribution in [0.15, 0.2) is 48.1 Å². The van der Waals surface area contributed by atoms with Gasteiger partial charge in [0.2, 0.25) is 0 Å². The van der Waals surface area contributed by atoms with E-state index in [0.717, 1.165) is 26.8 Å². The zero-order valence-corrected chi connectivity index (χ0v) is 28.8. The molecule has 2 aliphatic carbocycles. The Kier molecular flexibility index (Phi) is 12.9. The van der Waals surface area contributed by atoms with E-state index in [9.17, 15) is 39.3 Å². The number of carbonyl (C=O) groups excluding carboxylic acids is 5. The number of hydrogen-bond donors (Lipinski definition) is 4. The number of ether oxygens (including phenoxy) is 4. The summed E-state index contributed by atoms with van der Waals surface area (Å²) in [5, 5.41) is 44.8. The lowest BCUT2D eigenvalue weighted by atomic mass is 9.71. The number of esters is 4. The Morgan fingerprint density at radius 1 is 0.958 bits per heavy atom. The van der Waals surface area contributed by atoms with Gasteiger partial charge in [0.05, 0.1) is 11.5 Å². The molecular weight excluding hydrogens is 632 g/mol. The number of fused-ring (bicyclic) bond motifs is 1. The molecule has 0 aromatic carbocycles. The van der Waals surface area contributed by atoms with E-state index in [0.29, 0.717) is 0 Å². The molecule has 2 rings (SSSR count). The molecule has 0 aliphatic heterocycles. The first-order chi connectivity index (χ1) is 22.0. The summed E-state index contributed by atoms with van der Waals surface area (Å²) in [4.78, 5) is 69.7. The van der Waals surface area contributed by atoms with Crippen molar-refractivity contribution in [2.24, 2.45) is 17.3 Å². The standard InChI is InChI=1S/C34H48O14/c1-12-16(2)29(38)47-27-19(5)26(44-21(7)35)23-25(46-30(39)18(4)20(6)48-43)17(3)15-34(23,42)31(40)33(11,41)14-13-32(9,10)28(24(27)37)45-22(8)36/h12-14,17,20,23-28,37,41-43H,4-5,15H2,1-3,6-11H3/b14-13+,16-12-/t17-,20-,23+,24+,25-,26-,27-,28+,33+,34+/m0/s1. The molecule has 0 bridgehead atoms. The first-order valence-electron chi connectivity index (χ1n) is 15.4. The molecule has 0 spiro atoms. The fraction of sp³-hybridized carbons (Fsp3) is 0.618. The number of Topliss-reactive ketones (excluding diaryl/α,β-unsaturated/α-hetero) is 1. The molecule has 1 saturated carbocycles. The van der Waals surface area contributed by atoms with E-state index in [1.54, 1.807) is 6.92 Å². The summed E-state index contributed by atoms with van der Waals surface area (Å²) < 4.78 is 22.6. The van der Waals surface area contributed by atoms with Gasteiger partial charge in [0.25, 0.3) is 0 Å². The molecule has 1 fully saturated rings. The van der Waals surface area contributed by atoms with Crippen molar-refractivity contribution in [3.63, 3.8) is 0 Å². The predicted molar refractivity (Wildman–Crippen MR) is 169 cm³/mol. The van der Waals surface area contributed by atoms with Crippen molar-refractivity contribution >= 4 is 29.7 Å². The Bertz CT molecular complexity index is 1370. The molecule has 0 aromatic heterocycles. The number of aliphatic hydroxyl groups excluding tert-OH is 1. The van der Waals surface area contributed by atoms with Crippen LogP contribution in [0, 0.1) is 17.3 Å². The zero-order valence-electron chi connectivity index (χ0n) is 28.8. The lowest BCUT2D eigenvalue weighted by Crippen LogP contribution is -2.60. The number of aliphatic hydroxyl groups is 3. The third-order valence-corrected chi connectivity index (χ3v) is 8.93. The quantitative estimate of drug-likeness (QED) is 0.0724. The molecule has 4 N–H and O–H groups in total. The highest BCUT2D eigenvalue weighted by Crippen LogP contribution is 2.49. The van der Waals surface area contributed by atoms with Crippen molar-refractivity contribution in [1.82, 2.24) is 0 Å². The second-order valence-electron chi connectivity index (χ2n) is 13.3. The van der Waals surface area contributed by atoms with Crippen molar-refractivity contribution in [2.75, 3.05) is 0 Å². The number of allylic oxidation sites excluding steroid dienone is 1. The summed E-state index contributed by atoms with van der Waals surface area (Å²) >= 11 is 0. The van der Waals surface area contributed by atoms with Crippen molar-refractivity contribution in [1.29, 1.82) is 0 Å². The van der Waals surface area contributed by atoms with Crippen LogP contribution < -0.4 is 0 Å². The largest absolute Gasteiger partial charge is 0.459 e. The maximum Gasteiger partial charge on any atom is 0.336 e. The van der Waals surface area contributed by atoms with E-state index in [-0.39, 0.29) is 16.7 Å². The molecule has 0 aromatic rings. The van der Waals surface area contributed by atoms with E-state index < -0.39 is 101 Å². The minimum atomic E-state index is -2.60. The number of hydrogen-bond acceptors (Lipinski definition) is 14. The minimum absolute atomic E-state index is 0.108. The molecule has 14 heteroatoms. The summed E-state index contributed by atoms with van der Waals surface area (Å²) in [5.74, 6) is -7.59. The maximum absolute atomic E-state index is 14.3. The van der Waals surface area contributed by atoms with Gasteiger partial charge in [-0.25, -0.2) is 14.5 Å². The topological polar surface area (TPSA) is 212 Å². The molecule has 0 saturated heterocycles. The fourth-order valence-corrected chi connectivity index (χ4v) is 6.05. The van der Waals surface area contributed by atoms with Gasteiger partial charge in [-0.3, -0.25) is 19.6 Å². The van der Waals surface area contributed by atoms with Gasteiger partial charge in [-0.2, -0.15) is 0 Å².